The molecule has 172 valence electrons. The van der Waals surface area contributed by atoms with Gasteiger partial charge in [0.2, 0.25) is 0 Å². The Bertz CT molecular complexity index is 822. The van der Waals surface area contributed by atoms with Crippen LogP contribution in [-0.2, 0) is 13.8 Å². The molecule has 0 radical (unpaired) electrons. The lowest BCUT2D eigenvalue weighted by Crippen LogP contribution is -2.39. The molecule has 0 aromatic carbocycles. The third-order valence-corrected chi connectivity index (χ3v) is 7.20. The number of nitrogens with one attached hydrogen (secondary N) is 1. The largest absolute Gasteiger partial charge is 0.388 e. The van der Waals surface area contributed by atoms with Gasteiger partial charge in [-0.1, -0.05) is 20.3 Å². The van der Waals surface area contributed by atoms with Crippen molar-refractivity contribution in [1.82, 2.24) is 4.98 Å². The van der Waals surface area contributed by atoms with Crippen molar-refractivity contribution in [1.29, 1.82) is 0 Å². The van der Waals surface area contributed by atoms with Crippen LogP contribution in [0.3, 0.4) is 0 Å². The number of H-pyrrole nitrogens is 1. The third-order valence-electron chi connectivity index (χ3n) is 5.38. The second-order valence-corrected chi connectivity index (χ2v) is 9.95. The first-order chi connectivity index (χ1) is 13.8. The van der Waals surface area contributed by atoms with Crippen LogP contribution in [0, 0.1) is 12.7 Å². The SMILES string of the molecule is CCCC(C)(C[C@H]1O[C@@H](c2c(F)cc(=O)[nH]c2C)[C@@H](O)C1O)OP(=O)(O)C(O)CC. The Labute approximate surface area is 174 Å². The van der Waals surface area contributed by atoms with Gasteiger partial charge in [0.1, 0.15) is 24.1 Å². The first-order valence-corrected chi connectivity index (χ1v) is 11.6. The van der Waals surface area contributed by atoms with Crippen molar-refractivity contribution >= 4 is 7.60 Å². The third kappa shape index (κ3) is 5.37. The summed E-state index contributed by atoms with van der Waals surface area (Å²) in [4.78, 5) is 24.0. The van der Waals surface area contributed by atoms with E-state index in [1.807, 2.05) is 6.92 Å². The van der Waals surface area contributed by atoms with Gasteiger partial charge in [-0.05, 0) is 26.7 Å². The van der Waals surface area contributed by atoms with E-state index in [2.05, 4.69) is 4.98 Å². The highest BCUT2D eigenvalue weighted by atomic mass is 31.2. The molecule has 0 aliphatic carbocycles. The molecule has 1 fully saturated rings. The van der Waals surface area contributed by atoms with Crippen LogP contribution >= 0.6 is 7.60 Å². The van der Waals surface area contributed by atoms with E-state index in [4.69, 9.17) is 9.26 Å². The van der Waals surface area contributed by atoms with Gasteiger partial charge in [0, 0.05) is 23.7 Å². The quantitative estimate of drug-likeness (QED) is 0.357. The van der Waals surface area contributed by atoms with Crippen LogP contribution in [-0.4, -0.2) is 55.0 Å². The second kappa shape index (κ2) is 9.56. The van der Waals surface area contributed by atoms with Gasteiger partial charge in [0.15, 0.2) is 5.85 Å². The Morgan fingerprint density at radius 3 is 2.53 bits per heavy atom. The summed E-state index contributed by atoms with van der Waals surface area (Å²) in [7, 11) is -4.36. The minimum atomic E-state index is -4.36. The lowest BCUT2D eigenvalue weighted by atomic mass is 9.90. The number of hydrogen-bond donors (Lipinski definition) is 5. The molecular formula is C19H31FNO8P. The van der Waals surface area contributed by atoms with Gasteiger partial charge in [-0.15, -0.1) is 0 Å². The second-order valence-electron chi connectivity index (χ2n) is 8.04. The molecule has 1 aromatic heterocycles. The maximum atomic E-state index is 14.4. The molecule has 11 heteroatoms. The summed E-state index contributed by atoms with van der Waals surface area (Å²) in [5, 5.41) is 30.8. The summed E-state index contributed by atoms with van der Waals surface area (Å²) in [6.07, 6.45) is -4.36. The Hall–Kier alpha value is -1.13. The zero-order chi connectivity index (χ0) is 22.9. The van der Waals surface area contributed by atoms with Crippen LogP contribution in [0.25, 0.3) is 0 Å². The first kappa shape index (κ1) is 25.1. The molecule has 7 atom stereocenters. The van der Waals surface area contributed by atoms with Crippen LogP contribution in [0.4, 0.5) is 4.39 Å². The van der Waals surface area contributed by atoms with Crippen molar-refractivity contribution in [3.05, 3.63) is 33.5 Å². The van der Waals surface area contributed by atoms with E-state index in [1.165, 1.54) is 6.92 Å². The highest BCUT2D eigenvalue weighted by Crippen LogP contribution is 2.53. The van der Waals surface area contributed by atoms with Crippen molar-refractivity contribution < 1.29 is 38.4 Å². The molecule has 1 aromatic rings. The molecule has 0 bridgehead atoms. The Morgan fingerprint density at radius 1 is 1.37 bits per heavy atom. The van der Waals surface area contributed by atoms with Gasteiger partial charge in [-0.25, -0.2) is 4.39 Å². The number of aryl methyl sites for hydroxylation is 1. The van der Waals surface area contributed by atoms with E-state index in [0.29, 0.717) is 12.8 Å². The molecular weight excluding hydrogens is 420 g/mol. The topological polar surface area (TPSA) is 149 Å². The molecule has 4 unspecified atom stereocenters. The monoisotopic (exact) mass is 451 g/mol. The van der Waals surface area contributed by atoms with Crippen molar-refractivity contribution in [2.45, 2.75) is 89.2 Å². The fraction of sp³-hybridized carbons (Fsp3) is 0.737. The Morgan fingerprint density at radius 2 is 2.00 bits per heavy atom. The molecule has 1 aliphatic rings. The average Bonchev–Trinajstić information content (AvgIpc) is 2.88. The number of aromatic amines is 1. The fourth-order valence-corrected chi connectivity index (χ4v) is 5.29. The molecule has 0 saturated carbocycles. The van der Waals surface area contributed by atoms with Gasteiger partial charge >= 0.3 is 7.60 Å². The maximum Gasteiger partial charge on any atom is 0.356 e. The number of hydrogen-bond acceptors (Lipinski definition) is 7. The van der Waals surface area contributed by atoms with Gasteiger partial charge in [-0.2, -0.15) is 0 Å². The van der Waals surface area contributed by atoms with Crippen LogP contribution in [0.2, 0.25) is 0 Å². The lowest BCUT2D eigenvalue weighted by Gasteiger charge is -2.35. The summed E-state index contributed by atoms with van der Waals surface area (Å²) in [6.45, 7) is 6.39. The smallest absolute Gasteiger partial charge is 0.356 e. The Balaban J connectivity index is 2.28. The van der Waals surface area contributed by atoms with Crippen molar-refractivity contribution in [3.63, 3.8) is 0 Å². The standard InChI is InChI=1S/C19H31FNO8P/c1-5-7-19(4,29-30(26,27)14(23)6-2)9-12-16(24)17(25)18(28-12)15-10(3)21-13(22)8-11(15)20/h8,12,14,16-18,23-25H,5-7,9H2,1-4H3,(H,21,22)(H,26,27)/t12-,14?,16?,17+,18+,19?/m1/s1. The molecule has 0 spiro atoms. The van der Waals surface area contributed by atoms with Gasteiger partial charge < -0.3 is 34.5 Å². The zero-order valence-electron chi connectivity index (χ0n) is 17.5. The minimum Gasteiger partial charge on any atom is -0.388 e. The number of halogens is 1. The predicted molar refractivity (Wildman–Crippen MR) is 107 cm³/mol. The molecule has 2 heterocycles. The lowest BCUT2D eigenvalue weighted by molar-refractivity contribution is -0.0518. The van der Waals surface area contributed by atoms with E-state index >= 15 is 0 Å². The fourth-order valence-electron chi connectivity index (χ4n) is 3.91. The highest BCUT2D eigenvalue weighted by Gasteiger charge is 2.49. The summed E-state index contributed by atoms with van der Waals surface area (Å²) in [6, 6.07) is 0.733. The Kier molecular flexibility index (Phi) is 8.01. The van der Waals surface area contributed by atoms with Crippen LogP contribution in [0.1, 0.15) is 63.8 Å². The van der Waals surface area contributed by atoms with Gasteiger partial charge in [-0.3, -0.25) is 9.36 Å². The molecule has 30 heavy (non-hydrogen) atoms. The van der Waals surface area contributed by atoms with Crippen molar-refractivity contribution in [2.75, 3.05) is 0 Å². The molecule has 0 amide bonds. The average molecular weight is 451 g/mol. The van der Waals surface area contributed by atoms with E-state index < -0.39 is 54.8 Å². The van der Waals surface area contributed by atoms with E-state index in [9.17, 15) is 34.0 Å². The number of pyridine rings is 1. The maximum absolute atomic E-state index is 14.4. The van der Waals surface area contributed by atoms with Crippen LogP contribution < -0.4 is 5.56 Å². The number of aliphatic hydroxyl groups excluding tert-OH is 3. The number of ether oxygens (including phenoxy) is 1. The summed E-state index contributed by atoms with van der Waals surface area (Å²) in [5.74, 6) is -2.43. The summed E-state index contributed by atoms with van der Waals surface area (Å²) < 4.78 is 38.0. The minimum absolute atomic E-state index is 0.0179. The van der Waals surface area contributed by atoms with E-state index in [-0.39, 0.29) is 24.1 Å². The molecule has 1 aliphatic heterocycles. The van der Waals surface area contributed by atoms with Crippen molar-refractivity contribution in [3.8, 4) is 0 Å². The van der Waals surface area contributed by atoms with Crippen molar-refractivity contribution in [2.24, 2.45) is 0 Å². The van der Waals surface area contributed by atoms with Gasteiger partial charge in [0.05, 0.1) is 11.7 Å². The predicted octanol–water partition coefficient (Wildman–Crippen LogP) is 1.86. The molecule has 5 N–H and O–H groups in total. The molecule has 2 rings (SSSR count). The van der Waals surface area contributed by atoms with E-state index in [0.717, 1.165) is 6.07 Å². The van der Waals surface area contributed by atoms with Crippen LogP contribution in [0.15, 0.2) is 10.9 Å². The normalized spacial score (nSPS) is 29.4. The molecule has 1 saturated heterocycles. The number of aromatic nitrogens is 1. The summed E-state index contributed by atoms with van der Waals surface area (Å²) >= 11 is 0. The van der Waals surface area contributed by atoms with Gasteiger partial charge in [0.25, 0.3) is 5.56 Å². The number of aliphatic hydroxyl groups is 3. The molecule has 9 nitrogen and oxygen atoms in total. The summed E-state index contributed by atoms with van der Waals surface area (Å²) in [5.41, 5.74) is -1.81. The van der Waals surface area contributed by atoms with Crippen LogP contribution in [0.5, 0.6) is 0 Å². The van der Waals surface area contributed by atoms with E-state index in [1.54, 1.807) is 13.8 Å². The first-order valence-electron chi connectivity index (χ1n) is 9.97. The number of rotatable bonds is 9. The zero-order valence-corrected chi connectivity index (χ0v) is 18.4. The highest BCUT2D eigenvalue weighted by molar-refractivity contribution is 7.53.